The van der Waals surface area contributed by atoms with Crippen LogP contribution < -0.4 is 10.2 Å². The Morgan fingerprint density at radius 2 is 2.21 bits per heavy atom. The first kappa shape index (κ1) is 14.7. The van der Waals surface area contributed by atoms with E-state index in [9.17, 15) is 0 Å². The summed E-state index contributed by atoms with van der Waals surface area (Å²) in [5.74, 6) is 1.41. The molecule has 1 saturated heterocycles. The number of aromatic nitrogens is 1. The van der Waals surface area contributed by atoms with Gasteiger partial charge < -0.3 is 15.0 Å². The van der Waals surface area contributed by atoms with Crippen molar-refractivity contribution in [2.45, 2.75) is 32.4 Å². The third kappa shape index (κ3) is 3.07. The van der Waals surface area contributed by atoms with Gasteiger partial charge in [-0.15, -0.1) is 0 Å². The number of anilines is 2. The summed E-state index contributed by atoms with van der Waals surface area (Å²) in [5, 5.41) is 4.25. The summed E-state index contributed by atoms with van der Waals surface area (Å²) in [6.45, 7) is 5.62. The van der Waals surface area contributed by atoms with Crippen molar-refractivity contribution in [3.8, 4) is 0 Å². The Morgan fingerprint density at radius 1 is 1.47 bits per heavy atom. The Hall–Kier alpha value is -0.710. The zero-order valence-corrected chi connectivity index (χ0v) is 12.9. The summed E-state index contributed by atoms with van der Waals surface area (Å²) in [5.41, 5.74) is 0. The first-order valence-corrected chi connectivity index (χ1v) is 7.24. The number of halogens is 2. The monoisotopic (exact) mass is 303 g/mol. The molecule has 0 amide bonds. The minimum Gasteiger partial charge on any atom is -0.376 e. The lowest BCUT2D eigenvalue weighted by Crippen LogP contribution is -2.37. The molecule has 6 heteroatoms. The number of rotatable bonds is 4. The fraction of sp³-hybridized carbons (Fsp3) is 0.615. The van der Waals surface area contributed by atoms with Crippen molar-refractivity contribution in [1.29, 1.82) is 0 Å². The molecule has 0 spiro atoms. The van der Waals surface area contributed by atoms with Crippen LogP contribution >= 0.6 is 23.2 Å². The lowest BCUT2D eigenvalue weighted by atomic mass is 10.1. The quantitative estimate of drug-likeness (QED) is 0.924. The third-order valence-electron chi connectivity index (χ3n) is 3.42. The third-order valence-corrected chi connectivity index (χ3v) is 3.99. The van der Waals surface area contributed by atoms with E-state index in [0.29, 0.717) is 21.9 Å². The van der Waals surface area contributed by atoms with Gasteiger partial charge in [0.25, 0.3) is 0 Å². The second-order valence-electron chi connectivity index (χ2n) is 4.70. The number of pyridine rings is 1. The molecule has 2 rings (SSSR count). The van der Waals surface area contributed by atoms with Crippen molar-refractivity contribution in [3.63, 3.8) is 0 Å². The van der Waals surface area contributed by atoms with E-state index < -0.39 is 0 Å². The van der Waals surface area contributed by atoms with Crippen LogP contribution in [0.3, 0.4) is 0 Å². The lowest BCUT2D eigenvalue weighted by molar-refractivity contribution is 0.118. The predicted molar refractivity (Wildman–Crippen MR) is 80.6 cm³/mol. The van der Waals surface area contributed by atoms with Crippen LogP contribution in [0.15, 0.2) is 6.07 Å². The van der Waals surface area contributed by atoms with Crippen LogP contribution in [-0.2, 0) is 4.74 Å². The average molecular weight is 304 g/mol. The molecule has 0 aliphatic carbocycles. The maximum absolute atomic E-state index is 6.27. The van der Waals surface area contributed by atoms with Gasteiger partial charge >= 0.3 is 0 Å². The second-order valence-corrected chi connectivity index (χ2v) is 5.51. The molecule has 0 aromatic carbocycles. The van der Waals surface area contributed by atoms with Gasteiger partial charge in [0, 0.05) is 20.2 Å². The van der Waals surface area contributed by atoms with Gasteiger partial charge in [0.15, 0.2) is 0 Å². The molecule has 1 aliphatic heterocycles. The van der Waals surface area contributed by atoms with E-state index in [0.717, 1.165) is 25.4 Å². The number of nitrogens with one attached hydrogen (secondary N) is 1. The van der Waals surface area contributed by atoms with E-state index in [4.69, 9.17) is 27.9 Å². The smallest absolute Gasteiger partial charge is 0.150 e. The molecule has 1 aliphatic rings. The van der Waals surface area contributed by atoms with E-state index in [1.54, 1.807) is 6.07 Å². The Labute approximate surface area is 124 Å². The molecule has 1 aromatic rings. The van der Waals surface area contributed by atoms with Gasteiger partial charge in [0.2, 0.25) is 0 Å². The molecule has 19 heavy (non-hydrogen) atoms. The fourth-order valence-electron chi connectivity index (χ4n) is 2.38. The molecule has 1 fully saturated rings. The van der Waals surface area contributed by atoms with E-state index in [2.05, 4.69) is 22.1 Å². The minimum absolute atomic E-state index is 0.182. The highest BCUT2D eigenvalue weighted by molar-refractivity contribution is 6.37. The molecule has 0 saturated carbocycles. The zero-order chi connectivity index (χ0) is 14.0. The van der Waals surface area contributed by atoms with Crippen LogP contribution in [0.25, 0.3) is 0 Å². The summed E-state index contributed by atoms with van der Waals surface area (Å²) in [6.07, 6.45) is 1.16. The summed E-state index contributed by atoms with van der Waals surface area (Å²) in [4.78, 5) is 6.62. The normalized spacial score (nSPS) is 22.6. The maximum atomic E-state index is 6.27. The van der Waals surface area contributed by atoms with Crippen LogP contribution in [-0.4, -0.2) is 37.3 Å². The largest absolute Gasteiger partial charge is 0.376 e. The highest BCUT2D eigenvalue weighted by Crippen LogP contribution is 2.33. The van der Waals surface area contributed by atoms with Crippen molar-refractivity contribution in [1.82, 2.24) is 4.98 Å². The van der Waals surface area contributed by atoms with Crippen molar-refractivity contribution in [2.24, 2.45) is 0 Å². The van der Waals surface area contributed by atoms with Crippen LogP contribution in [0.1, 0.15) is 20.3 Å². The second kappa shape index (κ2) is 6.16. The molecule has 2 unspecified atom stereocenters. The Kier molecular flexibility index (Phi) is 4.76. The Bertz CT molecular complexity index is 456. The fourth-order valence-corrected chi connectivity index (χ4v) is 2.94. The zero-order valence-electron chi connectivity index (χ0n) is 11.4. The number of likely N-dealkylation sites (N-methyl/N-ethyl adjacent to an activating group) is 1. The molecule has 106 valence electrons. The molecular formula is C13H19Cl2N3O. The number of ether oxygens (including phenoxy) is 1. The summed E-state index contributed by atoms with van der Waals surface area (Å²) < 4.78 is 5.60. The number of nitrogens with zero attached hydrogens (tertiary/aromatic N) is 2. The predicted octanol–water partition coefficient (Wildman–Crippen LogP) is 3.43. The lowest BCUT2D eigenvalue weighted by Gasteiger charge is -2.29. The molecule has 0 bridgehead atoms. The standard InChI is InChI=1S/C13H19Cl2N3O/c1-4-16-12-9(14)7-10(15)13(17-12)18(3)11-5-6-19-8(11)2/h7-8,11H,4-6H2,1-3H3,(H,16,17). The van der Waals surface area contributed by atoms with Gasteiger partial charge in [0.05, 0.1) is 22.2 Å². The Morgan fingerprint density at radius 3 is 2.79 bits per heavy atom. The highest BCUT2D eigenvalue weighted by atomic mass is 35.5. The van der Waals surface area contributed by atoms with Gasteiger partial charge in [-0.25, -0.2) is 4.98 Å². The summed E-state index contributed by atoms with van der Waals surface area (Å²) in [6, 6.07) is 2.03. The van der Waals surface area contributed by atoms with Crippen molar-refractivity contribution in [3.05, 3.63) is 16.1 Å². The molecule has 1 aromatic heterocycles. The van der Waals surface area contributed by atoms with Crippen molar-refractivity contribution >= 4 is 34.8 Å². The summed E-state index contributed by atoms with van der Waals surface area (Å²) in [7, 11) is 1.99. The molecular weight excluding hydrogens is 285 g/mol. The SMILES string of the molecule is CCNc1nc(N(C)C2CCOC2C)c(Cl)cc1Cl. The highest BCUT2D eigenvalue weighted by Gasteiger charge is 2.30. The van der Waals surface area contributed by atoms with Gasteiger partial charge in [-0.05, 0) is 26.3 Å². The molecule has 2 heterocycles. The van der Waals surface area contributed by atoms with E-state index >= 15 is 0 Å². The van der Waals surface area contributed by atoms with Gasteiger partial charge in [-0.3, -0.25) is 0 Å². The van der Waals surface area contributed by atoms with E-state index in [1.165, 1.54) is 0 Å². The first-order valence-electron chi connectivity index (χ1n) is 6.49. The van der Waals surface area contributed by atoms with Gasteiger partial charge in [-0.2, -0.15) is 0 Å². The van der Waals surface area contributed by atoms with Gasteiger partial charge in [0.1, 0.15) is 11.6 Å². The minimum atomic E-state index is 0.182. The van der Waals surface area contributed by atoms with Crippen LogP contribution in [0.2, 0.25) is 10.0 Å². The number of hydrogen-bond acceptors (Lipinski definition) is 4. The van der Waals surface area contributed by atoms with Gasteiger partial charge in [-0.1, -0.05) is 23.2 Å². The molecule has 0 radical (unpaired) electrons. The maximum Gasteiger partial charge on any atom is 0.150 e. The summed E-state index contributed by atoms with van der Waals surface area (Å²) >= 11 is 12.4. The Balaban J connectivity index is 2.30. The number of hydrogen-bond donors (Lipinski definition) is 1. The van der Waals surface area contributed by atoms with E-state index in [1.807, 2.05) is 14.0 Å². The van der Waals surface area contributed by atoms with Crippen molar-refractivity contribution < 1.29 is 4.74 Å². The molecule has 2 atom stereocenters. The van der Waals surface area contributed by atoms with Crippen molar-refractivity contribution in [2.75, 3.05) is 30.4 Å². The van der Waals surface area contributed by atoms with Crippen LogP contribution in [0, 0.1) is 0 Å². The van der Waals surface area contributed by atoms with E-state index in [-0.39, 0.29) is 6.10 Å². The van der Waals surface area contributed by atoms with Crippen LogP contribution in [0.4, 0.5) is 11.6 Å². The average Bonchev–Trinajstić information content (AvgIpc) is 2.78. The topological polar surface area (TPSA) is 37.4 Å². The first-order chi connectivity index (χ1) is 9.04. The molecule has 4 nitrogen and oxygen atoms in total. The van der Waals surface area contributed by atoms with Crippen LogP contribution in [0.5, 0.6) is 0 Å². The molecule has 1 N–H and O–H groups in total.